The van der Waals surface area contributed by atoms with Gasteiger partial charge in [-0.15, -0.1) is 0 Å². The molecule has 0 radical (unpaired) electrons. The molecule has 0 saturated carbocycles. The van der Waals surface area contributed by atoms with Crippen LogP contribution in [0, 0.1) is 6.92 Å². The van der Waals surface area contributed by atoms with Gasteiger partial charge in [-0.25, -0.2) is 4.98 Å². The zero-order valence-corrected chi connectivity index (χ0v) is 20.1. The molecule has 36 heavy (non-hydrogen) atoms. The van der Waals surface area contributed by atoms with Crippen LogP contribution in [0.2, 0.25) is 0 Å². The van der Waals surface area contributed by atoms with Crippen molar-refractivity contribution in [3.63, 3.8) is 0 Å². The molecule has 4 rings (SSSR count). The lowest BCUT2D eigenvalue weighted by molar-refractivity contribution is -0.137. The number of carbonyl (C=O) groups is 2. The van der Waals surface area contributed by atoms with Gasteiger partial charge in [0.25, 0.3) is 11.8 Å². The molecule has 3 aromatic heterocycles. The Kier molecular flexibility index (Phi) is 6.07. The number of nitrogens with one attached hydrogen (secondary N) is 1. The Morgan fingerprint density at radius 2 is 1.69 bits per heavy atom. The number of pyridine rings is 2. The summed E-state index contributed by atoms with van der Waals surface area (Å²) in [4.78, 5) is 33.7. The minimum absolute atomic E-state index is 0.0491. The first-order chi connectivity index (χ1) is 16.8. The summed E-state index contributed by atoms with van der Waals surface area (Å²) in [6.07, 6.45) is -2.60. The highest BCUT2D eigenvalue weighted by Gasteiger charge is 2.34. The number of rotatable bonds is 4. The first-order valence-electron chi connectivity index (χ1n) is 11.0. The highest BCUT2D eigenvalue weighted by molar-refractivity contribution is 6.12. The Hall–Kier alpha value is -4.21. The van der Waals surface area contributed by atoms with Crippen molar-refractivity contribution in [1.29, 1.82) is 0 Å². The van der Waals surface area contributed by atoms with Gasteiger partial charge in [-0.3, -0.25) is 19.1 Å². The largest absolute Gasteiger partial charge is 0.417 e. The van der Waals surface area contributed by atoms with Crippen LogP contribution in [0.3, 0.4) is 0 Å². The number of halogens is 3. The van der Waals surface area contributed by atoms with Gasteiger partial charge in [-0.2, -0.15) is 13.2 Å². The van der Waals surface area contributed by atoms with Crippen molar-refractivity contribution in [1.82, 2.24) is 19.9 Å². The summed E-state index contributed by atoms with van der Waals surface area (Å²) in [5, 5.41) is 2.79. The van der Waals surface area contributed by atoms with Crippen LogP contribution in [-0.2, 0) is 6.18 Å². The number of hydrogen-bond acceptors (Lipinski definition) is 4. The van der Waals surface area contributed by atoms with Crippen LogP contribution in [0.15, 0.2) is 54.9 Å². The van der Waals surface area contributed by atoms with E-state index in [2.05, 4.69) is 15.3 Å². The molecule has 10 heteroatoms. The Balaban J connectivity index is 2.02. The van der Waals surface area contributed by atoms with Crippen LogP contribution in [0.4, 0.5) is 13.2 Å². The van der Waals surface area contributed by atoms with E-state index in [9.17, 15) is 22.8 Å². The Morgan fingerprint density at radius 1 is 1.00 bits per heavy atom. The van der Waals surface area contributed by atoms with E-state index < -0.39 is 23.2 Å². The van der Waals surface area contributed by atoms with Crippen molar-refractivity contribution in [3.05, 3.63) is 77.1 Å². The highest BCUT2D eigenvalue weighted by atomic mass is 19.4. The smallest absolute Gasteiger partial charge is 0.366 e. The quantitative estimate of drug-likeness (QED) is 0.414. The maximum atomic E-state index is 13.5. The Bertz CT molecular complexity index is 1480. The van der Waals surface area contributed by atoms with E-state index in [-0.39, 0.29) is 39.5 Å². The fourth-order valence-electron chi connectivity index (χ4n) is 3.94. The van der Waals surface area contributed by atoms with Crippen LogP contribution < -0.4 is 11.1 Å². The molecule has 0 aliphatic rings. The van der Waals surface area contributed by atoms with Gasteiger partial charge in [0.05, 0.1) is 33.8 Å². The third kappa shape index (κ3) is 4.66. The van der Waals surface area contributed by atoms with Crippen molar-refractivity contribution >= 4 is 22.8 Å². The van der Waals surface area contributed by atoms with E-state index in [1.165, 1.54) is 18.3 Å². The number of amides is 2. The molecule has 3 N–H and O–H groups in total. The van der Waals surface area contributed by atoms with Gasteiger partial charge in [0.1, 0.15) is 5.65 Å². The zero-order chi connectivity index (χ0) is 26.4. The van der Waals surface area contributed by atoms with Crippen molar-refractivity contribution in [2.75, 3.05) is 0 Å². The van der Waals surface area contributed by atoms with E-state index in [0.29, 0.717) is 5.69 Å². The average molecular weight is 496 g/mol. The SMILES string of the molecule is Cc1ccccc1-n1c(-c2ccc(C(=O)NC(C)(C)C)cn2)c(C(N)=O)c2cc(C(F)(F)F)cnc21. The summed E-state index contributed by atoms with van der Waals surface area (Å²) >= 11 is 0. The van der Waals surface area contributed by atoms with E-state index in [1.807, 2.05) is 39.8 Å². The third-order valence-electron chi connectivity index (χ3n) is 5.50. The third-order valence-corrected chi connectivity index (χ3v) is 5.50. The van der Waals surface area contributed by atoms with Gasteiger partial charge in [-0.1, -0.05) is 18.2 Å². The van der Waals surface area contributed by atoms with Gasteiger partial charge in [0.2, 0.25) is 0 Å². The lowest BCUT2D eigenvalue weighted by atomic mass is 10.1. The predicted octanol–water partition coefficient (Wildman–Crippen LogP) is 5.04. The van der Waals surface area contributed by atoms with Crippen molar-refractivity contribution in [3.8, 4) is 17.1 Å². The fraction of sp³-hybridized carbons (Fsp3) is 0.231. The molecular formula is C26H24F3N5O2. The standard InChI is InChI=1S/C26H24F3N5O2/c1-14-7-5-6-8-19(14)34-21(18-10-9-15(12-31-18)24(36)33-25(2,3)4)20(22(30)35)17-11-16(26(27,28)29)13-32-23(17)34/h5-13H,1-4H3,(H2,30,35)(H,33,36). The number of nitrogens with zero attached hydrogens (tertiary/aromatic N) is 3. The molecule has 0 atom stereocenters. The van der Waals surface area contributed by atoms with Gasteiger partial charge < -0.3 is 11.1 Å². The van der Waals surface area contributed by atoms with Crippen LogP contribution in [-0.4, -0.2) is 31.9 Å². The topological polar surface area (TPSA) is 103 Å². The summed E-state index contributed by atoms with van der Waals surface area (Å²) in [5.41, 5.74) is 6.29. The first-order valence-corrected chi connectivity index (χ1v) is 11.0. The lowest BCUT2D eigenvalue weighted by Gasteiger charge is -2.20. The number of alkyl halides is 3. The van der Waals surface area contributed by atoms with Gasteiger partial charge >= 0.3 is 6.18 Å². The lowest BCUT2D eigenvalue weighted by Crippen LogP contribution is -2.40. The van der Waals surface area contributed by atoms with Crippen LogP contribution >= 0.6 is 0 Å². The van der Waals surface area contributed by atoms with Crippen LogP contribution in [0.1, 0.15) is 52.6 Å². The predicted molar refractivity (Wildman–Crippen MR) is 130 cm³/mol. The number of para-hydroxylation sites is 1. The molecule has 1 aromatic carbocycles. The van der Waals surface area contributed by atoms with Crippen molar-refractivity contribution in [2.24, 2.45) is 5.73 Å². The molecule has 186 valence electrons. The van der Waals surface area contributed by atoms with Crippen LogP contribution in [0.25, 0.3) is 28.1 Å². The summed E-state index contributed by atoms with van der Waals surface area (Å²) in [6.45, 7) is 7.35. The summed E-state index contributed by atoms with van der Waals surface area (Å²) in [7, 11) is 0. The molecule has 2 amide bonds. The van der Waals surface area contributed by atoms with E-state index in [0.717, 1.165) is 17.8 Å². The van der Waals surface area contributed by atoms with Gasteiger partial charge in [0, 0.05) is 23.3 Å². The molecule has 0 bridgehead atoms. The zero-order valence-electron chi connectivity index (χ0n) is 20.1. The maximum absolute atomic E-state index is 13.5. The molecule has 3 heterocycles. The second-order valence-electron chi connectivity index (χ2n) is 9.44. The maximum Gasteiger partial charge on any atom is 0.417 e. The molecule has 7 nitrogen and oxygen atoms in total. The molecule has 0 fully saturated rings. The molecule has 0 aliphatic carbocycles. The van der Waals surface area contributed by atoms with Crippen molar-refractivity contribution in [2.45, 2.75) is 39.4 Å². The second-order valence-corrected chi connectivity index (χ2v) is 9.44. The summed E-state index contributed by atoms with van der Waals surface area (Å²) in [5.74, 6) is -1.27. The molecule has 0 saturated heterocycles. The fourth-order valence-corrected chi connectivity index (χ4v) is 3.94. The van der Waals surface area contributed by atoms with E-state index in [4.69, 9.17) is 5.73 Å². The minimum atomic E-state index is -4.67. The van der Waals surface area contributed by atoms with Gasteiger partial charge in [-0.05, 0) is 57.5 Å². The molecular weight excluding hydrogens is 471 g/mol. The van der Waals surface area contributed by atoms with Crippen LogP contribution in [0.5, 0.6) is 0 Å². The number of fused-ring (bicyclic) bond motifs is 1. The normalized spacial score (nSPS) is 12.1. The number of aryl methyl sites for hydroxylation is 1. The highest BCUT2D eigenvalue weighted by Crippen LogP contribution is 2.38. The molecule has 0 aliphatic heterocycles. The number of benzene rings is 1. The van der Waals surface area contributed by atoms with E-state index >= 15 is 0 Å². The van der Waals surface area contributed by atoms with Gasteiger partial charge in [0.15, 0.2) is 0 Å². The summed E-state index contributed by atoms with van der Waals surface area (Å²) in [6, 6.07) is 11.1. The summed E-state index contributed by atoms with van der Waals surface area (Å²) < 4.78 is 42.0. The number of hydrogen-bond donors (Lipinski definition) is 2. The average Bonchev–Trinajstić information content (AvgIpc) is 3.12. The Morgan fingerprint density at radius 3 is 2.25 bits per heavy atom. The monoisotopic (exact) mass is 495 g/mol. The molecule has 0 unspecified atom stereocenters. The number of carbonyl (C=O) groups excluding carboxylic acids is 2. The first kappa shape index (κ1) is 24.9. The number of primary amides is 1. The molecule has 0 spiro atoms. The molecule has 4 aromatic rings. The second kappa shape index (κ2) is 8.78. The Labute approximate surface area is 205 Å². The number of nitrogens with two attached hydrogens (primary N) is 1. The van der Waals surface area contributed by atoms with E-state index in [1.54, 1.807) is 16.7 Å². The number of aromatic nitrogens is 3. The minimum Gasteiger partial charge on any atom is -0.366 e. The van der Waals surface area contributed by atoms with Crippen molar-refractivity contribution < 1.29 is 22.8 Å².